The van der Waals surface area contributed by atoms with Gasteiger partial charge in [-0.1, -0.05) is 0 Å². The van der Waals surface area contributed by atoms with Gasteiger partial charge in [-0.3, -0.25) is 4.99 Å². The summed E-state index contributed by atoms with van der Waals surface area (Å²) in [5.74, 6) is 1.25. The van der Waals surface area contributed by atoms with Crippen molar-refractivity contribution in [3.05, 3.63) is 0 Å². The van der Waals surface area contributed by atoms with Gasteiger partial charge in [-0.25, -0.2) is 0 Å². The van der Waals surface area contributed by atoms with Gasteiger partial charge in [0.25, 0.3) is 0 Å². The number of rotatable bonds is 2. The molecule has 1 saturated heterocycles. The number of thiol groups is 1. The topological polar surface area (TPSA) is 15.6 Å². The van der Waals surface area contributed by atoms with E-state index in [0.717, 1.165) is 13.0 Å². The van der Waals surface area contributed by atoms with Crippen LogP contribution in [0, 0.1) is 0 Å². The van der Waals surface area contributed by atoms with E-state index in [0.29, 0.717) is 11.4 Å². The first kappa shape index (κ1) is 10.9. The summed E-state index contributed by atoms with van der Waals surface area (Å²) in [4.78, 5) is 6.94. The lowest BCUT2D eigenvalue weighted by molar-refractivity contribution is 0.363. The fourth-order valence-electron chi connectivity index (χ4n) is 1.68. The Morgan fingerprint density at radius 1 is 1.31 bits per heavy atom. The van der Waals surface area contributed by atoms with Crippen molar-refractivity contribution in [2.24, 2.45) is 4.99 Å². The quantitative estimate of drug-likeness (QED) is 0.677. The van der Waals surface area contributed by atoms with Crippen LogP contribution in [0.15, 0.2) is 4.99 Å². The molecule has 0 aromatic carbocycles. The van der Waals surface area contributed by atoms with Crippen LogP contribution in [0.25, 0.3) is 0 Å². The van der Waals surface area contributed by atoms with Crippen molar-refractivity contribution in [3.8, 4) is 0 Å². The summed E-state index contributed by atoms with van der Waals surface area (Å²) in [5, 5.41) is 0.304. The monoisotopic (exact) mass is 200 g/mol. The van der Waals surface area contributed by atoms with E-state index in [9.17, 15) is 0 Å². The Bertz CT molecular complexity index is 187. The lowest BCUT2D eigenvalue weighted by Crippen LogP contribution is -2.39. The van der Waals surface area contributed by atoms with Crippen LogP contribution in [0.3, 0.4) is 0 Å². The minimum Gasteiger partial charge on any atom is -0.349 e. The Hall–Kier alpha value is -0.180. The van der Waals surface area contributed by atoms with Crippen LogP contribution in [-0.4, -0.2) is 28.7 Å². The van der Waals surface area contributed by atoms with Gasteiger partial charge in [-0.05, 0) is 33.6 Å². The Morgan fingerprint density at radius 2 is 2.00 bits per heavy atom. The van der Waals surface area contributed by atoms with Crippen LogP contribution < -0.4 is 0 Å². The Kier molecular flexibility index (Phi) is 4.10. The lowest BCUT2D eigenvalue weighted by Gasteiger charge is -2.33. The van der Waals surface area contributed by atoms with Gasteiger partial charge >= 0.3 is 0 Å². The number of hydrogen-bond donors (Lipinski definition) is 1. The van der Waals surface area contributed by atoms with Crippen LogP contribution in [0.4, 0.5) is 0 Å². The summed E-state index contributed by atoms with van der Waals surface area (Å²) in [6.45, 7) is 7.49. The smallest absolute Gasteiger partial charge is 0.100 e. The fraction of sp³-hybridized carbons (Fsp3) is 0.900. The molecule has 0 radical (unpaired) electrons. The maximum Gasteiger partial charge on any atom is 0.100 e. The highest BCUT2D eigenvalue weighted by atomic mass is 32.1. The molecule has 1 heterocycles. The number of nitrogens with zero attached hydrogens (tertiary/aromatic N) is 2. The highest BCUT2D eigenvalue weighted by Gasteiger charge is 2.19. The molecule has 0 amide bonds. The summed E-state index contributed by atoms with van der Waals surface area (Å²) in [6.07, 6.45) is 3.69. The van der Waals surface area contributed by atoms with Crippen molar-refractivity contribution < 1.29 is 0 Å². The summed E-state index contributed by atoms with van der Waals surface area (Å²) >= 11 is 4.47. The molecule has 0 aromatic heterocycles. The summed E-state index contributed by atoms with van der Waals surface area (Å²) in [7, 11) is 0. The predicted octanol–water partition coefficient (Wildman–Crippen LogP) is 2.56. The van der Waals surface area contributed by atoms with Gasteiger partial charge < -0.3 is 4.90 Å². The molecule has 13 heavy (non-hydrogen) atoms. The molecule has 76 valence electrons. The zero-order valence-electron chi connectivity index (χ0n) is 8.82. The normalized spacial score (nSPS) is 24.1. The van der Waals surface area contributed by atoms with E-state index in [2.05, 4.69) is 43.3 Å². The van der Waals surface area contributed by atoms with Crippen molar-refractivity contribution in [2.75, 3.05) is 6.54 Å². The molecule has 1 aliphatic rings. The Labute approximate surface area is 86.8 Å². The first-order chi connectivity index (χ1) is 6.11. The highest BCUT2D eigenvalue weighted by Crippen LogP contribution is 2.17. The fourth-order valence-corrected chi connectivity index (χ4v) is 1.93. The summed E-state index contributed by atoms with van der Waals surface area (Å²) in [6, 6.07) is 0.405. The molecule has 2 nitrogen and oxygen atoms in total. The first-order valence-corrected chi connectivity index (χ1v) is 5.64. The van der Waals surface area contributed by atoms with Crippen molar-refractivity contribution >= 4 is 18.5 Å². The molecule has 1 rings (SSSR count). The minimum atomic E-state index is 0.304. The first-order valence-electron chi connectivity index (χ1n) is 5.12. The molecule has 0 spiro atoms. The van der Waals surface area contributed by atoms with Gasteiger partial charge in [0.2, 0.25) is 0 Å². The Balaban J connectivity index is 2.67. The van der Waals surface area contributed by atoms with E-state index in [4.69, 9.17) is 0 Å². The van der Waals surface area contributed by atoms with Gasteiger partial charge in [-0.15, -0.1) is 0 Å². The van der Waals surface area contributed by atoms with Crippen LogP contribution >= 0.6 is 12.6 Å². The van der Waals surface area contributed by atoms with Crippen molar-refractivity contribution in [3.63, 3.8) is 0 Å². The van der Waals surface area contributed by atoms with Crippen molar-refractivity contribution in [2.45, 2.75) is 51.4 Å². The second kappa shape index (κ2) is 4.89. The average Bonchev–Trinajstić information content (AvgIpc) is 2.03. The maximum atomic E-state index is 4.63. The summed E-state index contributed by atoms with van der Waals surface area (Å²) < 4.78 is 0. The number of aliphatic imine (C=N–C) groups is 1. The van der Waals surface area contributed by atoms with Crippen molar-refractivity contribution in [1.82, 2.24) is 4.90 Å². The zero-order chi connectivity index (χ0) is 9.84. The SMILES string of the molecule is CC(C)N=C1CCCCN1C(C)S. The minimum absolute atomic E-state index is 0.304. The average molecular weight is 200 g/mol. The third-order valence-corrected chi connectivity index (χ3v) is 2.52. The zero-order valence-corrected chi connectivity index (χ0v) is 9.72. The second-order valence-corrected chi connectivity index (χ2v) is 4.67. The second-order valence-electron chi connectivity index (χ2n) is 3.92. The van der Waals surface area contributed by atoms with Crippen LogP contribution in [0.2, 0.25) is 0 Å². The molecule has 0 N–H and O–H groups in total. The van der Waals surface area contributed by atoms with E-state index in [1.165, 1.54) is 18.7 Å². The Morgan fingerprint density at radius 3 is 2.54 bits per heavy atom. The van der Waals surface area contributed by atoms with Gasteiger partial charge in [0.05, 0.1) is 5.37 Å². The highest BCUT2D eigenvalue weighted by molar-refractivity contribution is 7.80. The maximum absolute atomic E-state index is 4.63. The molecule has 1 unspecified atom stereocenters. The predicted molar refractivity (Wildman–Crippen MR) is 61.6 cm³/mol. The van der Waals surface area contributed by atoms with E-state index < -0.39 is 0 Å². The van der Waals surface area contributed by atoms with Gasteiger partial charge in [0, 0.05) is 19.0 Å². The van der Waals surface area contributed by atoms with E-state index in [1.54, 1.807) is 0 Å². The van der Waals surface area contributed by atoms with Gasteiger partial charge in [0.1, 0.15) is 5.84 Å². The molecule has 3 heteroatoms. The molecule has 1 atom stereocenters. The van der Waals surface area contributed by atoms with Crippen LogP contribution in [0.1, 0.15) is 40.0 Å². The number of amidine groups is 1. The largest absolute Gasteiger partial charge is 0.349 e. The standard InChI is InChI=1S/C10H20N2S/c1-8(2)11-10-6-4-5-7-12(10)9(3)13/h8-9,13H,4-7H2,1-3H3. The summed E-state index contributed by atoms with van der Waals surface area (Å²) in [5.41, 5.74) is 0. The van der Waals surface area contributed by atoms with E-state index in [-0.39, 0.29) is 0 Å². The molecule has 1 aliphatic heterocycles. The van der Waals surface area contributed by atoms with E-state index in [1.807, 2.05) is 0 Å². The molecule has 0 saturated carbocycles. The lowest BCUT2D eigenvalue weighted by atomic mass is 10.1. The molecule has 0 aliphatic carbocycles. The van der Waals surface area contributed by atoms with Crippen molar-refractivity contribution in [1.29, 1.82) is 0 Å². The molecule has 1 fully saturated rings. The molecule has 0 bridgehead atoms. The van der Waals surface area contributed by atoms with Gasteiger partial charge in [-0.2, -0.15) is 12.6 Å². The van der Waals surface area contributed by atoms with Crippen LogP contribution in [0.5, 0.6) is 0 Å². The van der Waals surface area contributed by atoms with Crippen LogP contribution in [-0.2, 0) is 0 Å². The van der Waals surface area contributed by atoms with Gasteiger partial charge in [0.15, 0.2) is 0 Å². The third-order valence-electron chi connectivity index (χ3n) is 2.24. The molecular formula is C10H20N2S. The number of hydrogen-bond acceptors (Lipinski definition) is 2. The number of piperidine rings is 1. The van der Waals surface area contributed by atoms with E-state index >= 15 is 0 Å². The molecular weight excluding hydrogens is 180 g/mol. The number of likely N-dealkylation sites (tertiary alicyclic amines) is 1. The third kappa shape index (κ3) is 3.22. The molecule has 0 aromatic rings.